The largest absolute Gasteiger partial charge is 0.410 e. The topological polar surface area (TPSA) is 105 Å². The fourth-order valence-corrected chi connectivity index (χ4v) is 3.72. The molecule has 0 bridgehead atoms. The van der Waals surface area contributed by atoms with Crippen LogP contribution in [0.3, 0.4) is 0 Å². The van der Waals surface area contributed by atoms with Gasteiger partial charge in [-0.25, -0.2) is 9.59 Å². The highest BCUT2D eigenvalue weighted by Gasteiger charge is 2.37. The number of primary amides is 2. The number of hydrogen-bond acceptors (Lipinski definition) is 4. The summed E-state index contributed by atoms with van der Waals surface area (Å²) in [6, 6.07) is 9.83. The molecule has 0 radical (unpaired) electrons. The molecule has 3 rings (SSSR count). The number of hydrogen-bond donors (Lipinski definition) is 2. The first-order chi connectivity index (χ1) is 12.6. The maximum atomic E-state index is 11.6. The highest BCUT2D eigenvalue weighted by molar-refractivity contribution is 9.24. The van der Waals surface area contributed by atoms with E-state index in [9.17, 15) is 9.59 Å². The molecule has 0 unspecified atom stereocenters. The van der Waals surface area contributed by atoms with E-state index in [4.69, 9.17) is 20.9 Å². The molecule has 6 nitrogen and oxygen atoms in total. The van der Waals surface area contributed by atoms with Crippen LogP contribution in [0.5, 0.6) is 11.5 Å². The number of fused-ring (bicyclic) bond motifs is 3. The Morgan fingerprint density at radius 2 is 1.63 bits per heavy atom. The van der Waals surface area contributed by atoms with Gasteiger partial charge < -0.3 is 20.9 Å². The first-order valence-corrected chi connectivity index (χ1v) is 9.97. The van der Waals surface area contributed by atoms with Crippen molar-refractivity contribution in [2.45, 2.75) is 29.4 Å². The van der Waals surface area contributed by atoms with Crippen LogP contribution in [0.15, 0.2) is 30.3 Å². The van der Waals surface area contributed by atoms with Crippen LogP contribution in [-0.4, -0.2) is 15.9 Å². The van der Waals surface area contributed by atoms with Crippen molar-refractivity contribution >= 4 is 44.0 Å². The summed E-state index contributed by atoms with van der Waals surface area (Å²) in [6.45, 7) is 3.90. The maximum absolute atomic E-state index is 11.6. The molecule has 0 aliphatic heterocycles. The van der Waals surface area contributed by atoms with E-state index in [-0.39, 0.29) is 15.2 Å². The van der Waals surface area contributed by atoms with Crippen LogP contribution in [-0.2, 0) is 11.8 Å². The standard InChI is InChI=1S/C19H18Br2N2O4/c1-19(2,16(20)21)13-8-11-10-6-4-3-5-9(10)7-12(11)14(26-17(22)24)15(13)27-18(23)25/h3-6,8,16H,7H2,1-2H3,(H2,22,24)(H2,23,25). The monoisotopic (exact) mass is 496 g/mol. The van der Waals surface area contributed by atoms with Gasteiger partial charge in [0, 0.05) is 23.0 Å². The van der Waals surface area contributed by atoms with Gasteiger partial charge in [0.25, 0.3) is 0 Å². The van der Waals surface area contributed by atoms with Crippen LogP contribution in [0.1, 0.15) is 30.5 Å². The van der Waals surface area contributed by atoms with Gasteiger partial charge in [0.2, 0.25) is 0 Å². The molecule has 2 aromatic carbocycles. The van der Waals surface area contributed by atoms with Gasteiger partial charge >= 0.3 is 12.2 Å². The number of carbonyl (C=O) groups excluding carboxylic acids is 2. The third kappa shape index (κ3) is 3.55. The van der Waals surface area contributed by atoms with E-state index < -0.39 is 17.6 Å². The van der Waals surface area contributed by atoms with E-state index in [0.29, 0.717) is 12.0 Å². The minimum Gasteiger partial charge on any atom is -0.406 e. The van der Waals surface area contributed by atoms with Crippen LogP contribution in [0.2, 0.25) is 0 Å². The van der Waals surface area contributed by atoms with Crippen molar-refractivity contribution in [3.63, 3.8) is 0 Å². The van der Waals surface area contributed by atoms with E-state index >= 15 is 0 Å². The van der Waals surface area contributed by atoms with Crippen LogP contribution in [0.25, 0.3) is 11.1 Å². The minimum atomic E-state index is -1.00. The zero-order valence-electron chi connectivity index (χ0n) is 14.7. The van der Waals surface area contributed by atoms with Gasteiger partial charge in [0.05, 0.1) is 3.74 Å². The van der Waals surface area contributed by atoms with Crippen molar-refractivity contribution in [3.05, 3.63) is 47.0 Å². The summed E-state index contributed by atoms with van der Waals surface area (Å²) in [7, 11) is 0. The van der Waals surface area contributed by atoms with E-state index in [2.05, 4.69) is 31.9 Å². The smallest absolute Gasteiger partial charge is 0.406 e. The summed E-state index contributed by atoms with van der Waals surface area (Å²) >= 11 is 7.07. The molecule has 0 heterocycles. The highest BCUT2D eigenvalue weighted by atomic mass is 79.9. The Kier molecular flexibility index (Phi) is 5.22. The molecular formula is C19H18Br2N2O4. The van der Waals surface area contributed by atoms with Crippen LogP contribution in [0.4, 0.5) is 9.59 Å². The number of alkyl halides is 2. The molecule has 4 N–H and O–H groups in total. The number of benzene rings is 2. The van der Waals surface area contributed by atoms with Crippen molar-refractivity contribution in [3.8, 4) is 22.6 Å². The summed E-state index contributed by atoms with van der Waals surface area (Å²) < 4.78 is 10.5. The summed E-state index contributed by atoms with van der Waals surface area (Å²) in [6.07, 6.45) is -1.47. The normalized spacial score (nSPS) is 12.5. The SMILES string of the molecule is CC(C)(c1cc2c(c(OC(N)=O)c1OC(N)=O)Cc1ccccc1-2)C(Br)Br. The molecule has 27 heavy (non-hydrogen) atoms. The lowest BCUT2D eigenvalue weighted by Gasteiger charge is -2.30. The molecule has 0 saturated carbocycles. The van der Waals surface area contributed by atoms with Crippen LogP contribution >= 0.6 is 31.9 Å². The van der Waals surface area contributed by atoms with Crippen molar-refractivity contribution in [1.29, 1.82) is 0 Å². The van der Waals surface area contributed by atoms with E-state index in [1.165, 1.54) is 0 Å². The third-order valence-electron chi connectivity index (χ3n) is 4.66. The second-order valence-electron chi connectivity index (χ2n) is 6.81. The van der Waals surface area contributed by atoms with Crippen molar-refractivity contribution in [2.75, 3.05) is 0 Å². The fourth-order valence-electron chi connectivity index (χ4n) is 3.23. The van der Waals surface area contributed by atoms with E-state index in [1.807, 2.05) is 44.2 Å². The lowest BCUT2D eigenvalue weighted by atomic mass is 9.83. The molecule has 2 amide bonds. The average molecular weight is 498 g/mol. The van der Waals surface area contributed by atoms with Crippen LogP contribution in [0, 0.1) is 0 Å². The van der Waals surface area contributed by atoms with E-state index in [0.717, 1.165) is 22.3 Å². The molecule has 8 heteroatoms. The lowest BCUT2D eigenvalue weighted by molar-refractivity contribution is 0.199. The Hall–Kier alpha value is -2.06. The predicted molar refractivity (Wildman–Crippen MR) is 110 cm³/mol. The number of nitrogens with two attached hydrogens (primary N) is 2. The third-order valence-corrected chi connectivity index (χ3v) is 6.95. The molecule has 1 aliphatic rings. The molecule has 0 spiro atoms. The Bertz CT molecular complexity index is 942. The van der Waals surface area contributed by atoms with Gasteiger partial charge in [0.1, 0.15) is 0 Å². The van der Waals surface area contributed by atoms with Gasteiger partial charge in [-0.15, -0.1) is 0 Å². The van der Waals surface area contributed by atoms with Crippen molar-refractivity contribution in [1.82, 2.24) is 0 Å². The summed E-state index contributed by atoms with van der Waals surface area (Å²) in [4.78, 5) is 23.2. The van der Waals surface area contributed by atoms with Gasteiger partial charge in [-0.1, -0.05) is 70.0 Å². The lowest BCUT2D eigenvalue weighted by Crippen LogP contribution is -2.28. The minimum absolute atomic E-state index is 0.0988. The number of carbonyl (C=O) groups is 2. The highest BCUT2D eigenvalue weighted by Crippen LogP contribution is 2.52. The molecule has 0 fully saturated rings. The zero-order valence-corrected chi connectivity index (χ0v) is 17.9. The second kappa shape index (κ2) is 7.16. The molecule has 1 aliphatic carbocycles. The maximum Gasteiger partial charge on any atom is 0.410 e. The van der Waals surface area contributed by atoms with Gasteiger partial charge in [-0.2, -0.15) is 0 Å². The van der Waals surface area contributed by atoms with E-state index in [1.54, 1.807) is 0 Å². The van der Waals surface area contributed by atoms with Gasteiger partial charge in [0.15, 0.2) is 11.5 Å². The number of halogens is 2. The van der Waals surface area contributed by atoms with Crippen LogP contribution < -0.4 is 20.9 Å². The van der Waals surface area contributed by atoms with Crippen molar-refractivity contribution in [2.24, 2.45) is 11.5 Å². The number of amides is 2. The summed E-state index contributed by atoms with van der Waals surface area (Å²) in [5.74, 6) is 0.223. The Morgan fingerprint density at radius 3 is 2.22 bits per heavy atom. The Morgan fingerprint density at radius 1 is 1.04 bits per heavy atom. The Balaban J connectivity index is 2.36. The molecule has 2 aromatic rings. The molecule has 142 valence electrons. The average Bonchev–Trinajstić information content (AvgIpc) is 2.94. The number of rotatable bonds is 4. The molecule has 0 atom stereocenters. The second-order valence-corrected chi connectivity index (χ2v) is 9.87. The first-order valence-electron chi connectivity index (χ1n) is 8.14. The predicted octanol–water partition coefficient (Wildman–Crippen LogP) is 4.57. The Labute approximate surface area is 173 Å². The zero-order chi connectivity index (χ0) is 19.9. The fraction of sp³-hybridized carbons (Fsp3) is 0.263. The molecule has 0 aromatic heterocycles. The summed E-state index contributed by atoms with van der Waals surface area (Å²) in [5, 5.41) is 0. The first kappa shape index (κ1) is 19.7. The molecule has 0 saturated heterocycles. The van der Waals surface area contributed by atoms with Crippen molar-refractivity contribution < 1.29 is 19.1 Å². The van der Waals surface area contributed by atoms with Gasteiger partial charge in [-0.05, 0) is 22.8 Å². The number of ether oxygens (including phenoxy) is 2. The quantitative estimate of drug-likeness (QED) is 0.515. The molecular weight excluding hydrogens is 480 g/mol. The summed E-state index contributed by atoms with van der Waals surface area (Å²) in [5.41, 5.74) is 14.4. The van der Waals surface area contributed by atoms with Gasteiger partial charge in [-0.3, -0.25) is 0 Å².